The summed E-state index contributed by atoms with van der Waals surface area (Å²) in [4.78, 5) is 0. The number of rotatable bonds is 3. The van der Waals surface area contributed by atoms with Crippen molar-refractivity contribution >= 4 is 11.6 Å². The molecule has 0 aromatic heterocycles. The van der Waals surface area contributed by atoms with Gasteiger partial charge in [0.1, 0.15) is 12.4 Å². The van der Waals surface area contributed by atoms with Crippen molar-refractivity contribution in [3.63, 3.8) is 0 Å². The predicted octanol–water partition coefficient (Wildman–Crippen LogP) is 2.84. The zero-order chi connectivity index (χ0) is 12.4. The molecule has 0 saturated heterocycles. The van der Waals surface area contributed by atoms with Gasteiger partial charge in [0.05, 0.1) is 5.70 Å². The van der Waals surface area contributed by atoms with Gasteiger partial charge in [0.2, 0.25) is 0 Å². The molecule has 3 nitrogen and oxygen atoms in total. The van der Waals surface area contributed by atoms with Crippen LogP contribution in [0.5, 0.6) is 5.75 Å². The highest BCUT2D eigenvalue weighted by atomic mass is 35.5. The highest BCUT2D eigenvalue weighted by Crippen LogP contribution is 2.26. The summed E-state index contributed by atoms with van der Waals surface area (Å²) in [6.07, 6.45) is 1.91. The fourth-order valence-electron chi connectivity index (χ4n) is 1.59. The third-order valence-electron chi connectivity index (χ3n) is 2.57. The van der Waals surface area contributed by atoms with E-state index in [1.54, 1.807) is 0 Å². The third kappa shape index (κ3) is 2.74. The number of halogens is 1. The van der Waals surface area contributed by atoms with Crippen LogP contribution < -0.4 is 15.6 Å². The Morgan fingerprint density at radius 3 is 2.65 bits per heavy atom. The molecule has 2 N–H and O–H groups in total. The van der Waals surface area contributed by atoms with Crippen LogP contribution >= 0.6 is 11.6 Å². The van der Waals surface area contributed by atoms with Gasteiger partial charge in [0.25, 0.3) is 0 Å². The van der Waals surface area contributed by atoms with E-state index in [-0.39, 0.29) is 0 Å². The van der Waals surface area contributed by atoms with Crippen molar-refractivity contribution < 1.29 is 4.74 Å². The van der Waals surface area contributed by atoms with Gasteiger partial charge in [-0.2, -0.15) is 0 Å². The Morgan fingerprint density at radius 2 is 2.00 bits per heavy atom. The minimum absolute atomic E-state index is 0.480. The van der Waals surface area contributed by atoms with Crippen LogP contribution in [0.1, 0.15) is 11.1 Å². The van der Waals surface area contributed by atoms with E-state index in [2.05, 4.69) is 17.4 Å². The Kier molecular flexibility index (Phi) is 3.29. The second-order valence-corrected chi connectivity index (χ2v) is 4.51. The number of hydrogen-bond acceptors (Lipinski definition) is 3. The lowest BCUT2D eigenvalue weighted by Crippen LogP contribution is -2.25. The Morgan fingerprint density at radius 1 is 1.24 bits per heavy atom. The first-order valence-electron chi connectivity index (χ1n) is 5.37. The first kappa shape index (κ1) is 11.9. The first-order valence-corrected chi connectivity index (χ1v) is 5.75. The molecule has 0 amide bonds. The van der Waals surface area contributed by atoms with Crippen molar-refractivity contribution in [3.05, 3.63) is 52.3 Å². The molecule has 1 heterocycles. The Labute approximate surface area is 106 Å². The van der Waals surface area contributed by atoms with E-state index in [1.165, 1.54) is 0 Å². The van der Waals surface area contributed by atoms with E-state index < -0.39 is 0 Å². The summed E-state index contributed by atoms with van der Waals surface area (Å²) in [6.45, 7) is 8.20. The van der Waals surface area contributed by atoms with Gasteiger partial charge in [-0.3, -0.25) is 0 Å². The van der Waals surface area contributed by atoms with Gasteiger partial charge in [0.15, 0.2) is 0 Å². The maximum atomic E-state index is 6.03. The quantitative estimate of drug-likeness (QED) is 0.866. The molecule has 90 valence electrons. The molecule has 0 aliphatic carbocycles. The fourth-order valence-corrected chi connectivity index (χ4v) is 1.80. The third-order valence-corrected chi connectivity index (χ3v) is 2.98. The number of hydrogen-bond donors (Lipinski definition) is 2. The molecule has 0 atom stereocenters. The Hall–Kier alpha value is -1.61. The summed E-state index contributed by atoms with van der Waals surface area (Å²) in [6, 6.07) is 3.87. The molecule has 4 heteroatoms. The molecular formula is C13H15ClN2O. The molecule has 2 rings (SSSR count). The van der Waals surface area contributed by atoms with Gasteiger partial charge in [-0.15, -0.1) is 0 Å². The fraction of sp³-hybridized carbons (Fsp3) is 0.231. The van der Waals surface area contributed by atoms with E-state index in [1.807, 2.05) is 32.1 Å². The first-order chi connectivity index (χ1) is 8.06. The molecule has 1 aromatic rings. The predicted molar refractivity (Wildman–Crippen MR) is 69.9 cm³/mol. The summed E-state index contributed by atoms with van der Waals surface area (Å²) in [5.74, 6) is 0.854. The van der Waals surface area contributed by atoms with Crippen molar-refractivity contribution in [2.45, 2.75) is 13.8 Å². The smallest absolute Gasteiger partial charge is 0.130 e. The standard InChI is InChI=1S/C13H15ClN2O/c1-8-5-13(9(2)4-12(8)14)17-7-11-6-10(3)15-16-11/h4-6,15-16H,3,7H2,1-2H3. The minimum atomic E-state index is 0.480. The minimum Gasteiger partial charge on any atom is -0.487 e. The molecule has 17 heavy (non-hydrogen) atoms. The highest BCUT2D eigenvalue weighted by molar-refractivity contribution is 6.31. The van der Waals surface area contributed by atoms with E-state index in [0.717, 1.165) is 33.3 Å². The lowest BCUT2D eigenvalue weighted by atomic mass is 10.1. The van der Waals surface area contributed by atoms with Crippen molar-refractivity contribution in [3.8, 4) is 5.75 Å². The molecule has 0 fully saturated rings. The van der Waals surface area contributed by atoms with Crippen molar-refractivity contribution in [2.75, 3.05) is 6.61 Å². The van der Waals surface area contributed by atoms with Crippen LogP contribution in [0.25, 0.3) is 0 Å². The Balaban J connectivity index is 2.07. The van der Waals surface area contributed by atoms with E-state index in [9.17, 15) is 0 Å². The van der Waals surface area contributed by atoms with Crippen LogP contribution in [0, 0.1) is 13.8 Å². The average molecular weight is 251 g/mol. The molecular weight excluding hydrogens is 236 g/mol. The average Bonchev–Trinajstić information content (AvgIpc) is 2.68. The number of benzene rings is 1. The van der Waals surface area contributed by atoms with Crippen LogP contribution in [-0.4, -0.2) is 6.61 Å². The Bertz CT molecular complexity index is 494. The van der Waals surface area contributed by atoms with Crippen LogP contribution in [0.4, 0.5) is 0 Å². The molecule has 1 aliphatic rings. The zero-order valence-electron chi connectivity index (χ0n) is 9.93. The normalized spacial score (nSPS) is 14.1. The van der Waals surface area contributed by atoms with Gasteiger partial charge in [-0.05, 0) is 43.2 Å². The second-order valence-electron chi connectivity index (χ2n) is 4.10. The highest BCUT2D eigenvalue weighted by Gasteiger charge is 2.08. The topological polar surface area (TPSA) is 33.3 Å². The lowest BCUT2D eigenvalue weighted by molar-refractivity contribution is 0.339. The van der Waals surface area contributed by atoms with Gasteiger partial charge < -0.3 is 15.6 Å². The monoisotopic (exact) mass is 250 g/mol. The van der Waals surface area contributed by atoms with Gasteiger partial charge in [-0.25, -0.2) is 0 Å². The van der Waals surface area contributed by atoms with Gasteiger partial charge in [0, 0.05) is 10.7 Å². The van der Waals surface area contributed by atoms with Crippen LogP contribution in [0.2, 0.25) is 5.02 Å². The van der Waals surface area contributed by atoms with Crippen LogP contribution in [-0.2, 0) is 0 Å². The molecule has 1 aliphatic heterocycles. The molecule has 1 aromatic carbocycles. The largest absolute Gasteiger partial charge is 0.487 e. The SMILES string of the molecule is C=C1C=C(COc2cc(C)c(Cl)cc2C)NN1. The van der Waals surface area contributed by atoms with E-state index in [4.69, 9.17) is 16.3 Å². The van der Waals surface area contributed by atoms with E-state index >= 15 is 0 Å². The lowest BCUT2D eigenvalue weighted by Gasteiger charge is -2.11. The summed E-state index contributed by atoms with van der Waals surface area (Å²) in [7, 11) is 0. The summed E-state index contributed by atoms with van der Waals surface area (Å²) in [5.41, 5.74) is 9.74. The maximum Gasteiger partial charge on any atom is 0.130 e. The number of ether oxygens (including phenoxy) is 1. The van der Waals surface area contributed by atoms with Crippen molar-refractivity contribution in [2.24, 2.45) is 0 Å². The van der Waals surface area contributed by atoms with E-state index in [0.29, 0.717) is 6.61 Å². The summed E-state index contributed by atoms with van der Waals surface area (Å²) < 4.78 is 5.73. The van der Waals surface area contributed by atoms with Gasteiger partial charge >= 0.3 is 0 Å². The number of hydrazine groups is 1. The zero-order valence-corrected chi connectivity index (χ0v) is 10.7. The number of allylic oxidation sites excluding steroid dienone is 1. The summed E-state index contributed by atoms with van der Waals surface area (Å²) in [5, 5.41) is 0.767. The molecule has 0 bridgehead atoms. The number of aryl methyl sites for hydroxylation is 2. The van der Waals surface area contributed by atoms with Crippen LogP contribution in [0.3, 0.4) is 0 Å². The molecule has 0 spiro atoms. The second kappa shape index (κ2) is 4.72. The van der Waals surface area contributed by atoms with Crippen LogP contribution in [0.15, 0.2) is 36.2 Å². The molecule has 0 unspecified atom stereocenters. The molecule has 0 saturated carbocycles. The van der Waals surface area contributed by atoms with Crippen molar-refractivity contribution in [1.82, 2.24) is 10.9 Å². The van der Waals surface area contributed by atoms with Crippen molar-refractivity contribution in [1.29, 1.82) is 0 Å². The molecule has 0 radical (unpaired) electrons. The van der Waals surface area contributed by atoms with Gasteiger partial charge in [-0.1, -0.05) is 18.2 Å². The number of nitrogens with one attached hydrogen (secondary N) is 2. The maximum absolute atomic E-state index is 6.03. The summed E-state index contributed by atoms with van der Waals surface area (Å²) >= 11 is 6.03.